The first-order valence-electron chi connectivity index (χ1n) is 10.9. The van der Waals surface area contributed by atoms with E-state index in [1.54, 1.807) is 4.57 Å². The van der Waals surface area contributed by atoms with E-state index in [4.69, 9.17) is 0 Å². The van der Waals surface area contributed by atoms with Gasteiger partial charge in [-0.2, -0.15) is 13.2 Å². The predicted molar refractivity (Wildman–Crippen MR) is 107 cm³/mol. The maximum atomic E-state index is 13.2. The molecule has 2 aromatic heterocycles. The first kappa shape index (κ1) is 19.8. The van der Waals surface area contributed by atoms with Crippen molar-refractivity contribution in [1.82, 2.24) is 14.5 Å². The minimum absolute atomic E-state index is 0.0299. The molecule has 162 valence electrons. The summed E-state index contributed by atoms with van der Waals surface area (Å²) in [6.07, 6.45) is 2.09. The van der Waals surface area contributed by atoms with Gasteiger partial charge in [-0.05, 0) is 73.8 Å². The first-order valence-corrected chi connectivity index (χ1v) is 10.9. The van der Waals surface area contributed by atoms with Crippen LogP contribution in [0.2, 0.25) is 0 Å². The molecule has 0 unspecified atom stereocenters. The van der Waals surface area contributed by atoms with E-state index in [2.05, 4.69) is 29.1 Å². The summed E-state index contributed by atoms with van der Waals surface area (Å²) in [6.45, 7) is 4.60. The van der Waals surface area contributed by atoms with Crippen molar-refractivity contribution in [2.75, 3.05) is 5.32 Å². The van der Waals surface area contributed by atoms with Crippen LogP contribution in [0, 0.1) is 23.2 Å². The standard InChI is InChI=1S/C22H27F3N4O/c1-21(2)13-7-6-12(15(21)11-13)10-18(30)28-20-26-16-8-9-17(22(23,24)25)27-19(16)29(20)14-4-3-5-14/h8-9,12-15H,3-7,10-11H2,1-2H3,(H,26,28,30)/t12-,13-,15-/m0/s1. The SMILES string of the molecule is CC1(C)[C@H]2CC[C@@H](CC(=O)Nc3nc4ccc(C(F)(F)F)nc4n3C3CCC3)[C@@H]1C2. The molecule has 5 nitrogen and oxygen atoms in total. The summed E-state index contributed by atoms with van der Waals surface area (Å²) >= 11 is 0. The molecule has 1 N–H and O–H groups in total. The van der Waals surface area contributed by atoms with Gasteiger partial charge in [0.15, 0.2) is 5.65 Å². The fourth-order valence-electron chi connectivity index (χ4n) is 5.83. The maximum absolute atomic E-state index is 13.2. The van der Waals surface area contributed by atoms with Gasteiger partial charge in [-0.1, -0.05) is 13.8 Å². The number of amides is 1. The van der Waals surface area contributed by atoms with Gasteiger partial charge in [-0.25, -0.2) is 9.97 Å². The third kappa shape index (κ3) is 3.10. The van der Waals surface area contributed by atoms with Crippen molar-refractivity contribution < 1.29 is 18.0 Å². The van der Waals surface area contributed by atoms with Crippen molar-refractivity contribution >= 4 is 23.0 Å². The summed E-state index contributed by atoms with van der Waals surface area (Å²) in [5.41, 5.74) is -0.0474. The van der Waals surface area contributed by atoms with Crippen LogP contribution in [-0.2, 0) is 11.0 Å². The lowest BCUT2D eigenvalue weighted by atomic mass is 9.45. The van der Waals surface area contributed by atoms with E-state index in [0.717, 1.165) is 37.7 Å². The Balaban J connectivity index is 1.40. The highest BCUT2D eigenvalue weighted by molar-refractivity contribution is 5.91. The molecule has 0 aliphatic heterocycles. The van der Waals surface area contributed by atoms with Crippen molar-refractivity contribution in [1.29, 1.82) is 0 Å². The molecule has 0 aromatic carbocycles. The molecule has 0 saturated heterocycles. The summed E-state index contributed by atoms with van der Waals surface area (Å²) in [6, 6.07) is 2.32. The van der Waals surface area contributed by atoms with Crippen LogP contribution >= 0.6 is 0 Å². The van der Waals surface area contributed by atoms with Crippen molar-refractivity contribution in [2.24, 2.45) is 23.2 Å². The Labute approximate surface area is 173 Å². The Morgan fingerprint density at radius 2 is 1.97 bits per heavy atom. The van der Waals surface area contributed by atoms with E-state index < -0.39 is 11.9 Å². The monoisotopic (exact) mass is 420 g/mol. The highest BCUT2D eigenvalue weighted by atomic mass is 19.4. The van der Waals surface area contributed by atoms with Gasteiger partial charge >= 0.3 is 6.18 Å². The van der Waals surface area contributed by atoms with Crippen LogP contribution in [0.3, 0.4) is 0 Å². The van der Waals surface area contributed by atoms with Crippen LogP contribution in [0.15, 0.2) is 12.1 Å². The van der Waals surface area contributed by atoms with Gasteiger partial charge in [0.05, 0.1) is 0 Å². The quantitative estimate of drug-likeness (QED) is 0.703. The lowest BCUT2D eigenvalue weighted by molar-refractivity contribution is -0.141. The van der Waals surface area contributed by atoms with Gasteiger partial charge in [0.25, 0.3) is 0 Å². The summed E-state index contributed by atoms with van der Waals surface area (Å²) in [5, 5.41) is 2.91. The average molecular weight is 420 g/mol. The number of halogens is 3. The van der Waals surface area contributed by atoms with Crippen LogP contribution in [0.1, 0.15) is 70.5 Å². The molecular formula is C22H27F3N4O. The Morgan fingerprint density at radius 3 is 2.57 bits per heavy atom. The topological polar surface area (TPSA) is 59.8 Å². The molecular weight excluding hydrogens is 393 g/mol. The van der Waals surface area contributed by atoms with Crippen molar-refractivity contribution in [3.63, 3.8) is 0 Å². The second-order valence-corrected chi connectivity index (χ2v) is 9.88. The van der Waals surface area contributed by atoms with E-state index in [9.17, 15) is 18.0 Å². The number of carbonyl (C=O) groups is 1. The smallest absolute Gasteiger partial charge is 0.296 e. The lowest BCUT2D eigenvalue weighted by Gasteiger charge is -2.60. The third-order valence-electron chi connectivity index (χ3n) is 7.97. The number of nitrogens with zero attached hydrogens (tertiary/aromatic N) is 3. The maximum Gasteiger partial charge on any atom is 0.433 e. The number of pyridine rings is 1. The van der Waals surface area contributed by atoms with Crippen LogP contribution in [-0.4, -0.2) is 20.4 Å². The first-order chi connectivity index (χ1) is 14.1. The number of carbonyl (C=O) groups excluding carboxylic acids is 1. The molecule has 4 aliphatic carbocycles. The minimum Gasteiger partial charge on any atom is -0.296 e. The molecule has 2 heterocycles. The van der Waals surface area contributed by atoms with Crippen LogP contribution in [0.4, 0.5) is 19.1 Å². The number of imidazole rings is 1. The summed E-state index contributed by atoms with van der Waals surface area (Å²) in [7, 11) is 0. The highest BCUT2D eigenvalue weighted by Gasteiger charge is 2.54. The molecule has 4 aliphatic rings. The number of hydrogen-bond acceptors (Lipinski definition) is 3. The van der Waals surface area contributed by atoms with Gasteiger partial charge < -0.3 is 0 Å². The van der Waals surface area contributed by atoms with Crippen LogP contribution in [0.25, 0.3) is 11.2 Å². The molecule has 6 rings (SSSR count). The van der Waals surface area contributed by atoms with Crippen molar-refractivity contribution in [3.05, 3.63) is 17.8 Å². The Bertz CT molecular complexity index is 990. The number of alkyl halides is 3. The largest absolute Gasteiger partial charge is 0.433 e. The molecule has 3 atom stereocenters. The third-order valence-corrected chi connectivity index (χ3v) is 7.97. The Hall–Kier alpha value is -2.12. The van der Waals surface area contributed by atoms with E-state index >= 15 is 0 Å². The normalized spacial score (nSPS) is 28.1. The molecule has 1 amide bonds. The highest BCUT2D eigenvalue weighted by Crippen LogP contribution is 2.62. The van der Waals surface area contributed by atoms with E-state index in [0.29, 0.717) is 35.1 Å². The van der Waals surface area contributed by atoms with E-state index in [1.165, 1.54) is 18.9 Å². The molecule has 4 fully saturated rings. The van der Waals surface area contributed by atoms with Crippen molar-refractivity contribution in [3.8, 4) is 0 Å². The zero-order valence-corrected chi connectivity index (χ0v) is 17.3. The van der Waals surface area contributed by atoms with Gasteiger partial charge in [0.2, 0.25) is 11.9 Å². The van der Waals surface area contributed by atoms with Gasteiger partial charge in [-0.15, -0.1) is 0 Å². The second kappa shape index (κ2) is 6.69. The molecule has 30 heavy (non-hydrogen) atoms. The van der Waals surface area contributed by atoms with Crippen LogP contribution in [0.5, 0.6) is 0 Å². The number of aromatic nitrogens is 3. The van der Waals surface area contributed by atoms with Gasteiger partial charge in [0, 0.05) is 12.5 Å². The summed E-state index contributed by atoms with van der Waals surface area (Å²) < 4.78 is 41.2. The lowest BCUT2D eigenvalue weighted by Crippen LogP contribution is -2.52. The summed E-state index contributed by atoms with van der Waals surface area (Å²) in [5.74, 6) is 1.93. The fourth-order valence-corrected chi connectivity index (χ4v) is 5.83. The molecule has 0 spiro atoms. The Morgan fingerprint density at radius 1 is 1.20 bits per heavy atom. The number of nitrogens with one attached hydrogen (secondary N) is 1. The molecule has 4 saturated carbocycles. The molecule has 0 radical (unpaired) electrons. The Kier molecular flexibility index (Phi) is 4.42. The molecule has 2 aromatic rings. The number of rotatable bonds is 4. The molecule has 2 bridgehead atoms. The fraction of sp³-hybridized carbons (Fsp3) is 0.682. The zero-order chi connectivity index (χ0) is 21.3. The van der Waals surface area contributed by atoms with E-state index in [-0.39, 0.29) is 17.6 Å². The number of hydrogen-bond donors (Lipinski definition) is 1. The van der Waals surface area contributed by atoms with Gasteiger partial charge in [-0.3, -0.25) is 14.7 Å². The second-order valence-electron chi connectivity index (χ2n) is 9.88. The zero-order valence-electron chi connectivity index (χ0n) is 17.3. The predicted octanol–water partition coefficient (Wildman–Crippen LogP) is 5.58. The summed E-state index contributed by atoms with van der Waals surface area (Å²) in [4.78, 5) is 21.2. The van der Waals surface area contributed by atoms with Crippen molar-refractivity contribution in [2.45, 2.75) is 71.0 Å². The van der Waals surface area contributed by atoms with Gasteiger partial charge in [0.1, 0.15) is 11.2 Å². The molecule has 8 heteroatoms. The number of anilines is 1. The minimum atomic E-state index is -4.51. The number of fused-ring (bicyclic) bond motifs is 3. The van der Waals surface area contributed by atoms with Crippen LogP contribution < -0.4 is 5.32 Å². The van der Waals surface area contributed by atoms with E-state index in [1.807, 2.05) is 0 Å². The average Bonchev–Trinajstić information content (AvgIpc) is 2.96.